The molecule has 1 saturated heterocycles. The first-order chi connectivity index (χ1) is 11.7. The van der Waals surface area contributed by atoms with Gasteiger partial charge in [0.1, 0.15) is 17.4 Å². The molecule has 1 aliphatic heterocycles. The number of carbonyl (C=O) groups is 1. The lowest BCUT2D eigenvalue weighted by Crippen LogP contribution is -2.38. The maximum Gasteiger partial charge on any atom is 0.229 e. The highest BCUT2D eigenvalue weighted by atomic mass is 19.1. The van der Waals surface area contributed by atoms with Crippen molar-refractivity contribution in [3.63, 3.8) is 0 Å². The van der Waals surface area contributed by atoms with Gasteiger partial charge in [-0.1, -0.05) is 6.07 Å². The normalized spacial score (nSPS) is 14.9. The average molecular weight is 325 g/mol. The van der Waals surface area contributed by atoms with E-state index in [0.29, 0.717) is 37.6 Å². The largest absolute Gasteiger partial charge is 0.370 e. The van der Waals surface area contributed by atoms with Crippen LogP contribution in [0.4, 0.5) is 16.0 Å². The number of aromatic nitrogens is 2. The first-order valence-electron chi connectivity index (χ1n) is 7.70. The van der Waals surface area contributed by atoms with Crippen LogP contribution in [0.15, 0.2) is 36.7 Å². The zero-order valence-electron chi connectivity index (χ0n) is 12.9. The fraction of sp³-hybridized carbons (Fsp3) is 0.294. The molecule has 7 heteroatoms. The number of piperidine rings is 1. The molecule has 24 heavy (non-hydrogen) atoms. The fourth-order valence-electron chi connectivity index (χ4n) is 2.85. The molecule has 6 nitrogen and oxygen atoms in total. The van der Waals surface area contributed by atoms with E-state index in [1.54, 1.807) is 30.6 Å². The van der Waals surface area contributed by atoms with Crippen molar-refractivity contribution in [2.45, 2.75) is 12.8 Å². The lowest BCUT2D eigenvalue weighted by Gasteiger charge is -2.33. The minimum atomic E-state index is -0.518. The zero-order chi connectivity index (χ0) is 16.9. The summed E-state index contributed by atoms with van der Waals surface area (Å²) in [5, 5.41) is 11.8. The maximum absolute atomic E-state index is 13.7. The summed E-state index contributed by atoms with van der Waals surface area (Å²) in [7, 11) is 0. The number of halogens is 1. The van der Waals surface area contributed by atoms with Crippen molar-refractivity contribution in [2.24, 2.45) is 5.92 Å². The van der Waals surface area contributed by atoms with Gasteiger partial charge in [-0.05, 0) is 31.0 Å². The van der Waals surface area contributed by atoms with Crippen LogP contribution in [-0.2, 0) is 4.79 Å². The molecule has 0 spiro atoms. The number of hydrogen-bond acceptors (Lipinski definition) is 5. The predicted octanol–water partition coefficient (Wildman–Crippen LogP) is 2.34. The smallest absolute Gasteiger partial charge is 0.229 e. The molecule has 1 amide bonds. The number of nitriles is 1. The quantitative estimate of drug-likeness (QED) is 0.936. The SMILES string of the molecule is N#Cc1c(F)cccc1N1CCC(C(=O)Nc2ncccn2)CC1. The molecule has 0 radical (unpaired) electrons. The van der Waals surface area contributed by atoms with Gasteiger partial charge in [-0.2, -0.15) is 5.26 Å². The van der Waals surface area contributed by atoms with Crippen molar-refractivity contribution in [1.29, 1.82) is 5.26 Å². The van der Waals surface area contributed by atoms with Crippen LogP contribution >= 0.6 is 0 Å². The Kier molecular flexibility index (Phi) is 4.66. The van der Waals surface area contributed by atoms with Gasteiger partial charge in [-0.3, -0.25) is 10.1 Å². The molecular formula is C17H16FN5O. The Morgan fingerprint density at radius 1 is 1.25 bits per heavy atom. The number of nitrogens with zero attached hydrogens (tertiary/aromatic N) is 4. The number of nitrogens with one attached hydrogen (secondary N) is 1. The van der Waals surface area contributed by atoms with Gasteiger partial charge < -0.3 is 4.90 Å². The monoisotopic (exact) mass is 325 g/mol. The van der Waals surface area contributed by atoms with Gasteiger partial charge in [-0.15, -0.1) is 0 Å². The topological polar surface area (TPSA) is 81.9 Å². The van der Waals surface area contributed by atoms with Gasteiger partial charge in [0.05, 0.1) is 5.69 Å². The Morgan fingerprint density at radius 2 is 1.96 bits per heavy atom. The van der Waals surface area contributed by atoms with E-state index in [1.165, 1.54) is 6.07 Å². The second-order valence-corrected chi connectivity index (χ2v) is 5.57. The Hall–Kier alpha value is -3.01. The van der Waals surface area contributed by atoms with Gasteiger partial charge >= 0.3 is 0 Å². The van der Waals surface area contributed by atoms with Crippen molar-refractivity contribution in [2.75, 3.05) is 23.3 Å². The van der Waals surface area contributed by atoms with Crippen LogP contribution in [0.2, 0.25) is 0 Å². The third kappa shape index (κ3) is 3.33. The Labute approximate surface area is 139 Å². The second-order valence-electron chi connectivity index (χ2n) is 5.57. The standard InChI is InChI=1S/C17H16FN5O/c18-14-3-1-4-15(13(14)11-19)23-9-5-12(6-10-23)16(24)22-17-20-7-2-8-21-17/h1-4,7-8,12H,5-6,9-10H2,(H,20,21,22,24). The first-order valence-corrected chi connectivity index (χ1v) is 7.70. The third-order valence-corrected chi connectivity index (χ3v) is 4.11. The zero-order valence-corrected chi connectivity index (χ0v) is 12.9. The van der Waals surface area contributed by atoms with Crippen LogP contribution in [0.5, 0.6) is 0 Å². The molecule has 0 bridgehead atoms. The van der Waals surface area contributed by atoms with E-state index in [1.807, 2.05) is 11.0 Å². The van der Waals surface area contributed by atoms with Crippen LogP contribution in [-0.4, -0.2) is 29.0 Å². The molecule has 1 aromatic heterocycles. The molecule has 0 unspecified atom stereocenters. The Morgan fingerprint density at radius 3 is 2.62 bits per heavy atom. The lowest BCUT2D eigenvalue weighted by molar-refractivity contribution is -0.120. The molecule has 1 fully saturated rings. The molecule has 0 saturated carbocycles. The molecule has 1 N–H and O–H groups in total. The summed E-state index contributed by atoms with van der Waals surface area (Å²) in [4.78, 5) is 22.2. The summed E-state index contributed by atoms with van der Waals surface area (Å²) in [5.74, 6) is -0.484. The molecule has 3 rings (SSSR count). The highest BCUT2D eigenvalue weighted by Crippen LogP contribution is 2.27. The molecule has 122 valence electrons. The van der Waals surface area contributed by atoms with Gasteiger partial charge in [0.2, 0.25) is 11.9 Å². The summed E-state index contributed by atoms with van der Waals surface area (Å²) in [6, 6.07) is 8.21. The minimum Gasteiger partial charge on any atom is -0.370 e. The first kappa shape index (κ1) is 15.9. The predicted molar refractivity (Wildman–Crippen MR) is 86.7 cm³/mol. The Bertz CT molecular complexity index is 766. The van der Waals surface area contributed by atoms with Crippen LogP contribution in [0.3, 0.4) is 0 Å². The van der Waals surface area contributed by atoms with E-state index in [4.69, 9.17) is 5.26 Å². The van der Waals surface area contributed by atoms with Crippen molar-refractivity contribution in [3.05, 3.63) is 48.0 Å². The molecule has 1 aliphatic rings. The Balaban J connectivity index is 1.63. The van der Waals surface area contributed by atoms with E-state index in [0.717, 1.165) is 0 Å². The summed E-state index contributed by atoms with van der Waals surface area (Å²) >= 11 is 0. The van der Waals surface area contributed by atoms with Gasteiger partial charge in [0, 0.05) is 31.4 Å². The van der Waals surface area contributed by atoms with Crippen molar-refractivity contribution < 1.29 is 9.18 Å². The maximum atomic E-state index is 13.7. The van der Waals surface area contributed by atoms with Gasteiger partial charge in [-0.25, -0.2) is 14.4 Å². The van der Waals surface area contributed by atoms with Crippen LogP contribution in [0.1, 0.15) is 18.4 Å². The molecule has 0 aliphatic carbocycles. The third-order valence-electron chi connectivity index (χ3n) is 4.11. The minimum absolute atomic E-state index is 0.0538. The molecule has 2 aromatic rings. The molecule has 0 atom stereocenters. The van der Waals surface area contributed by atoms with Crippen molar-refractivity contribution in [1.82, 2.24) is 9.97 Å². The van der Waals surface area contributed by atoms with E-state index in [2.05, 4.69) is 15.3 Å². The van der Waals surface area contributed by atoms with Crippen molar-refractivity contribution >= 4 is 17.5 Å². The number of amides is 1. The fourth-order valence-corrected chi connectivity index (χ4v) is 2.85. The van der Waals surface area contributed by atoms with E-state index in [-0.39, 0.29) is 17.4 Å². The van der Waals surface area contributed by atoms with E-state index < -0.39 is 5.82 Å². The highest BCUT2D eigenvalue weighted by Gasteiger charge is 2.27. The number of hydrogen-bond donors (Lipinski definition) is 1. The summed E-state index contributed by atoms with van der Waals surface area (Å²) in [6.07, 6.45) is 4.39. The summed E-state index contributed by atoms with van der Waals surface area (Å²) in [6.45, 7) is 1.18. The molecular weight excluding hydrogens is 309 g/mol. The lowest BCUT2D eigenvalue weighted by atomic mass is 9.95. The second kappa shape index (κ2) is 7.04. The van der Waals surface area contributed by atoms with E-state index in [9.17, 15) is 9.18 Å². The number of benzene rings is 1. The summed E-state index contributed by atoms with van der Waals surface area (Å²) < 4.78 is 13.7. The van der Waals surface area contributed by atoms with Crippen LogP contribution in [0, 0.1) is 23.1 Å². The highest BCUT2D eigenvalue weighted by molar-refractivity contribution is 5.91. The van der Waals surface area contributed by atoms with Crippen LogP contribution in [0.25, 0.3) is 0 Å². The number of anilines is 2. The average Bonchev–Trinajstić information content (AvgIpc) is 2.62. The van der Waals surface area contributed by atoms with Crippen molar-refractivity contribution in [3.8, 4) is 6.07 Å². The number of carbonyl (C=O) groups excluding carboxylic acids is 1. The molecule has 1 aromatic carbocycles. The van der Waals surface area contributed by atoms with Gasteiger partial charge in [0.25, 0.3) is 0 Å². The van der Waals surface area contributed by atoms with E-state index >= 15 is 0 Å². The summed E-state index contributed by atoms with van der Waals surface area (Å²) in [5.41, 5.74) is 0.640. The van der Waals surface area contributed by atoms with Crippen LogP contribution < -0.4 is 10.2 Å². The number of rotatable bonds is 3. The van der Waals surface area contributed by atoms with Gasteiger partial charge in [0.15, 0.2) is 0 Å². The molecule has 2 heterocycles.